The Kier molecular flexibility index (Phi) is 6.36. The number of hydrazine groups is 1. The molecule has 0 bridgehead atoms. The molecule has 6 heteroatoms. The smallest absolute Gasteiger partial charge is 0.269 e. The predicted molar refractivity (Wildman–Crippen MR) is 101 cm³/mol. The minimum atomic E-state index is -0.402. The second kappa shape index (κ2) is 8.49. The molecule has 0 fully saturated rings. The van der Waals surface area contributed by atoms with E-state index in [4.69, 9.17) is 4.74 Å². The van der Waals surface area contributed by atoms with E-state index in [9.17, 15) is 9.59 Å². The summed E-state index contributed by atoms with van der Waals surface area (Å²) in [4.78, 5) is 24.1. The van der Waals surface area contributed by atoms with Gasteiger partial charge in [0.05, 0.1) is 0 Å². The normalized spacial score (nSPS) is 9.92. The van der Waals surface area contributed by atoms with Crippen molar-refractivity contribution < 1.29 is 14.3 Å². The number of nitrogens with one attached hydrogen (secondary N) is 2. The van der Waals surface area contributed by atoms with Crippen molar-refractivity contribution in [1.82, 2.24) is 10.9 Å². The Morgan fingerprint density at radius 3 is 2.25 bits per heavy atom. The molecule has 0 aliphatic rings. The number of amides is 2. The molecule has 0 unspecified atom stereocenters. The number of halogens is 1. The monoisotopic (exact) mass is 436 g/mol. The molecule has 0 spiro atoms. The van der Waals surface area contributed by atoms with Crippen molar-refractivity contribution in [2.24, 2.45) is 0 Å². The number of hydrogen-bond acceptors (Lipinski definition) is 3. The van der Waals surface area contributed by atoms with E-state index < -0.39 is 5.91 Å². The summed E-state index contributed by atoms with van der Waals surface area (Å²) in [7, 11) is 0. The summed E-state index contributed by atoms with van der Waals surface area (Å²) < 4.78 is 6.33. The van der Waals surface area contributed by atoms with Gasteiger partial charge < -0.3 is 4.74 Å². The Hall–Kier alpha value is -2.35. The first kappa shape index (κ1) is 18.0. The van der Waals surface area contributed by atoms with Gasteiger partial charge in [-0.1, -0.05) is 18.7 Å². The van der Waals surface area contributed by atoms with Crippen LogP contribution in [-0.2, 0) is 0 Å². The molecule has 2 aromatic carbocycles. The van der Waals surface area contributed by atoms with Gasteiger partial charge >= 0.3 is 0 Å². The highest BCUT2D eigenvalue weighted by atomic mass is 127. The van der Waals surface area contributed by atoms with Crippen molar-refractivity contribution in [3.05, 3.63) is 75.4 Å². The van der Waals surface area contributed by atoms with Gasteiger partial charge in [-0.3, -0.25) is 20.4 Å². The van der Waals surface area contributed by atoms with Crippen LogP contribution in [0.15, 0.2) is 55.1 Å². The standard InChI is InChI=1S/C18H17IN2O3/c1-3-10-24-15-8-6-13(7-9-15)17(22)20-21-18(23)14-5-4-12(2)16(19)11-14/h3-9,11H,1,10H2,2H3,(H,20,22)(H,21,23). The van der Waals surface area contributed by atoms with Crippen molar-refractivity contribution in [1.29, 1.82) is 0 Å². The topological polar surface area (TPSA) is 67.4 Å². The zero-order chi connectivity index (χ0) is 17.5. The molecular formula is C18H17IN2O3. The average Bonchev–Trinajstić information content (AvgIpc) is 2.60. The van der Waals surface area contributed by atoms with Crippen LogP contribution in [0.5, 0.6) is 5.75 Å². The maximum atomic E-state index is 12.1. The van der Waals surface area contributed by atoms with E-state index >= 15 is 0 Å². The predicted octanol–water partition coefficient (Wildman–Crippen LogP) is 3.24. The molecule has 2 aromatic rings. The Balaban J connectivity index is 1.93. The number of ether oxygens (including phenoxy) is 1. The number of carbonyl (C=O) groups excluding carboxylic acids is 2. The molecule has 0 atom stereocenters. The summed E-state index contributed by atoms with van der Waals surface area (Å²) in [5.41, 5.74) is 6.80. The Labute approximate surface area is 154 Å². The summed E-state index contributed by atoms with van der Waals surface area (Å²) in [5, 5.41) is 0. The minimum Gasteiger partial charge on any atom is -0.490 e. The largest absolute Gasteiger partial charge is 0.490 e. The highest BCUT2D eigenvalue weighted by molar-refractivity contribution is 14.1. The maximum Gasteiger partial charge on any atom is 0.269 e. The summed E-state index contributed by atoms with van der Waals surface area (Å²) in [6.07, 6.45) is 1.64. The van der Waals surface area contributed by atoms with Crippen LogP contribution in [0.1, 0.15) is 26.3 Å². The summed E-state index contributed by atoms with van der Waals surface area (Å²) in [6.45, 7) is 5.93. The van der Waals surface area contributed by atoms with Crippen LogP contribution in [0.3, 0.4) is 0 Å². The maximum absolute atomic E-state index is 12.1. The third-order valence-corrected chi connectivity index (χ3v) is 4.37. The molecule has 2 N–H and O–H groups in total. The quantitative estimate of drug-likeness (QED) is 0.430. The fourth-order valence-corrected chi connectivity index (χ4v) is 2.36. The summed E-state index contributed by atoms with van der Waals surface area (Å²) >= 11 is 2.16. The van der Waals surface area contributed by atoms with E-state index in [1.165, 1.54) is 0 Å². The average molecular weight is 436 g/mol. The van der Waals surface area contributed by atoms with Gasteiger partial charge in [0.25, 0.3) is 11.8 Å². The Morgan fingerprint density at radius 2 is 1.67 bits per heavy atom. The van der Waals surface area contributed by atoms with Crippen molar-refractivity contribution in [3.8, 4) is 5.75 Å². The first-order chi connectivity index (χ1) is 11.5. The van der Waals surface area contributed by atoms with Gasteiger partial charge in [-0.2, -0.15) is 0 Å². The van der Waals surface area contributed by atoms with E-state index in [1.54, 1.807) is 42.5 Å². The van der Waals surface area contributed by atoms with Gasteiger partial charge in [-0.15, -0.1) is 0 Å². The third kappa shape index (κ3) is 4.82. The van der Waals surface area contributed by atoms with Crippen molar-refractivity contribution in [2.75, 3.05) is 6.61 Å². The molecule has 124 valence electrons. The first-order valence-electron chi connectivity index (χ1n) is 7.22. The minimum absolute atomic E-state index is 0.368. The van der Waals surface area contributed by atoms with Gasteiger partial charge in [0.2, 0.25) is 0 Å². The Morgan fingerprint density at radius 1 is 1.08 bits per heavy atom. The van der Waals surface area contributed by atoms with Crippen molar-refractivity contribution >= 4 is 34.4 Å². The second-order valence-electron chi connectivity index (χ2n) is 5.00. The fourth-order valence-electron chi connectivity index (χ4n) is 1.85. The van der Waals surface area contributed by atoms with Crippen molar-refractivity contribution in [2.45, 2.75) is 6.92 Å². The lowest BCUT2D eigenvalue weighted by atomic mass is 10.1. The zero-order valence-corrected chi connectivity index (χ0v) is 15.3. The van der Waals surface area contributed by atoms with Gasteiger partial charge in [0.15, 0.2) is 0 Å². The van der Waals surface area contributed by atoms with Crippen LogP contribution < -0.4 is 15.6 Å². The molecule has 0 radical (unpaired) electrons. The molecular weight excluding hydrogens is 419 g/mol. The summed E-state index contributed by atoms with van der Waals surface area (Å²) in [5.74, 6) is -0.127. The van der Waals surface area contributed by atoms with Crippen LogP contribution in [-0.4, -0.2) is 18.4 Å². The van der Waals surface area contributed by atoms with Crippen LogP contribution in [0.25, 0.3) is 0 Å². The Bertz CT molecular complexity index is 757. The van der Waals surface area contributed by atoms with Crippen molar-refractivity contribution in [3.63, 3.8) is 0 Å². The lowest BCUT2D eigenvalue weighted by Gasteiger charge is -2.09. The number of benzene rings is 2. The zero-order valence-electron chi connectivity index (χ0n) is 13.1. The number of carbonyl (C=O) groups is 2. The van der Waals surface area contributed by atoms with E-state index in [0.29, 0.717) is 23.5 Å². The molecule has 5 nitrogen and oxygen atoms in total. The highest BCUT2D eigenvalue weighted by Gasteiger charge is 2.10. The van der Waals surface area contributed by atoms with Gasteiger partial charge in [-0.05, 0) is 71.5 Å². The molecule has 2 amide bonds. The number of rotatable bonds is 5. The first-order valence-corrected chi connectivity index (χ1v) is 8.29. The fraction of sp³-hybridized carbons (Fsp3) is 0.111. The molecule has 24 heavy (non-hydrogen) atoms. The van der Waals surface area contributed by atoms with E-state index in [1.807, 2.05) is 13.0 Å². The van der Waals surface area contributed by atoms with E-state index in [2.05, 4.69) is 40.0 Å². The molecule has 0 aliphatic heterocycles. The lowest BCUT2D eigenvalue weighted by molar-refractivity contribution is 0.0846. The van der Waals surface area contributed by atoms with Crippen LogP contribution in [0.2, 0.25) is 0 Å². The van der Waals surface area contributed by atoms with Gasteiger partial charge in [-0.25, -0.2) is 0 Å². The SMILES string of the molecule is C=CCOc1ccc(C(=O)NNC(=O)c2ccc(C)c(I)c2)cc1. The number of hydrogen-bond donors (Lipinski definition) is 2. The van der Waals surface area contributed by atoms with Crippen LogP contribution in [0.4, 0.5) is 0 Å². The molecule has 2 rings (SSSR count). The van der Waals surface area contributed by atoms with E-state index in [-0.39, 0.29) is 5.91 Å². The molecule has 0 saturated heterocycles. The lowest BCUT2D eigenvalue weighted by Crippen LogP contribution is -2.41. The van der Waals surface area contributed by atoms with Crippen LogP contribution in [0, 0.1) is 10.5 Å². The summed E-state index contributed by atoms with van der Waals surface area (Å²) in [6, 6.07) is 11.9. The van der Waals surface area contributed by atoms with Crippen LogP contribution >= 0.6 is 22.6 Å². The van der Waals surface area contributed by atoms with Gasteiger partial charge in [0, 0.05) is 14.7 Å². The van der Waals surface area contributed by atoms with E-state index in [0.717, 1.165) is 9.13 Å². The number of aryl methyl sites for hydroxylation is 1. The molecule has 0 aliphatic carbocycles. The molecule has 0 aromatic heterocycles. The molecule has 0 heterocycles. The van der Waals surface area contributed by atoms with Gasteiger partial charge in [0.1, 0.15) is 12.4 Å². The second-order valence-corrected chi connectivity index (χ2v) is 6.16. The third-order valence-electron chi connectivity index (χ3n) is 3.21. The highest BCUT2D eigenvalue weighted by Crippen LogP contribution is 2.14. The molecule has 0 saturated carbocycles.